The number of esters is 2. The molecule has 1 fully saturated rings. The topological polar surface area (TPSA) is 69.7 Å². The number of ether oxygens (including phenoxy) is 2. The summed E-state index contributed by atoms with van der Waals surface area (Å²) in [6.45, 7) is 6.09. The molecule has 2 atom stereocenters. The van der Waals surface area contributed by atoms with Crippen LogP contribution < -0.4 is 0 Å². The smallest absolute Gasteiger partial charge is 0.320 e. The molecule has 1 saturated carbocycles. The minimum absolute atomic E-state index is 0.0261. The highest BCUT2D eigenvalue weighted by Crippen LogP contribution is 2.50. The van der Waals surface area contributed by atoms with E-state index < -0.39 is 17.9 Å². The molecule has 0 radical (unpaired) electrons. The summed E-state index contributed by atoms with van der Waals surface area (Å²) in [4.78, 5) is 36.3. The number of fused-ring (bicyclic) bond motifs is 1. The summed E-state index contributed by atoms with van der Waals surface area (Å²) < 4.78 is 10.2. The van der Waals surface area contributed by atoms with Crippen molar-refractivity contribution in [3.63, 3.8) is 0 Å². The fourth-order valence-corrected chi connectivity index (χ4v) is 3.71. The Morgan fingerprint density at radius 3 is 2.39 bits per heavy atom. The van der Waals surface area contributed by atoms with Crippen molar-refractivity contribution < 1.29 is 23.9 Å². The fraction of sp³-hybridized carbons (Fsp3) is 0.722. The maximum absolute atomic E-state index is 12.3. The van der Waals surface area contributed by atoms with Crippen LogP contribution in [0.4, 0.5) is 0 Å². The van der Waals surface area contributed by atoms with Crippen molar-refractivity contribution in [2.24, 2.45) is 17.3 Å². The molecule has 0 spiro atoms. The monoisotopic (exact) mass is 322 g/mol. The molecule has 0 aromatic rings. The van der Waals surface area contributed by atoms with Crippen molar-refractivity contribution >= 4 is 17.7 Å². The molecule has 128 valence electrons. The van der Waals surface area contributed by atoms with Crippen LogP contribution in [0.2, 0.25) is 0 Å². The largest absolute Gasteiger partial charge is 0.465 e. The first-order valence-corrected chi connectivity index (χ1v) is 8.48. The van der Waals surface area contributed by atoms with E-state index in [0.717, 1.165) is 24.8 Å². The summed E-state index contributed by atoms with van der Waals surface area (Å²) in [5.74, 6) is -1.93. The second kappa shape index (κ2) is 7.28. The molecule has 0 aliphatic heterocycles. The fourth-order valence-electron chi connectivity index (χ4n) is 3.71. The van der Waals surface area contributed by atoms with Crippen molar-refractivity contribution in [2.75, 3.05) is 13.2 Å². The Morgan fingerprint density at radius 2 is 1.83 bits per heavy atom. The number of hydrogen-bond donors (Lipinski definition) is 0. The second-order valence-corrected chi connectivity index (χ2v) is 6.68. The Balaban J connectivity index is 2.21. The van der Waals surface area contributed by atoms with Gasteiger partial charge in [-0.15, -0.1) is 0 Å². The van der Waals surface area contributed by atoms with Crippen LogP contribution in [0.25, 0.3) is 0 Å². The van der Waals surface area contributed by atoms with Crippen molar-refractivity contribution in [1.82, 2.24) is 0 Å². The Labute approximate surface area is 137 Å². The Morgan fingerprint density at radius 1 is 1.22 bits per heavy atom. The quantitative estimate of drug-likeness (QED) is 0.575. The Bertz CT molecular complexity index is 504. The van der Waals surface area contributed by atoms with Crippen molar-refractivity contribution in [3.8, 4) is 0 Å². The lowest BCUT2D eigenvalue weighted by Crippen LogP contribution is -2.40. The molecule has 0 heterocycles. The summed E-state index contributed by atoms with van der Waals surface area (Å²) in [5, 5.41) is 0. The minimum atomic E-state index is -0.891. The van der Waals surface area contributed by atoms with E-state index >= 15 is 0 Å². The summed E-state index contributed by atoms with van der Waals surface area (Å²) in [6.07, 6.45) is 5.40. The van der Waals surface area contributed by atoms with Gasteiger partial charge in [-0.05, 0) is 56.9 Å². The number of ketones is 1. The summed E-state index contributed by atoms with van der Waals surface area (Å²) >= 11 is 0. The highest BCUT2D eigenvalue weighted by atomic mass is 16.6. The normalized spacial score (nSPS) is 27.2. The zero-order chi connectivity index (χ0) is 17.0. The third-order valence-corrected chi connectivity index (χ3v) is 5.14. The summed E-state index contributed by atoms with van der Waals surface area (Å²) in [5.41, 5.74) is 1.10. The first-order valence-electron chi connectivity index (χ1n) is 8.48. The average molecular weight is 322 g/mol. The zero-order valence-electron chi connectivity index (χ0n) is 14.2. The van der Waals surface area contributed by atoms with Gasteiger partial charge in [-0.25, -0.2) is 0 Å². The first kappa shape index (κ1) is 17.7. The lowest BCUT2D eigenvalue weighted by molar-refractivity contribution is -0.165. The van der Waals surface area contributed by atoms with E-state index in [9.17, 15) is 14.4 Å². The number of rotatable bonds is 5. The maximum Gasteiger partial charge on any atom is 0.320 e. The molecule has 2 aliphatic rings. The molecule has 0 amide bonds. The van der Waals surface area contributed by atoms with Gasteiger partial charge in [-0.3, -0.25) is 14.4 Å². The van der Waals surface area contributed by atoms with Crippen molar-refractivity contribution in [2.45, 2.75) is 52.9 Å². The summed E-state index contributed by atoms with van der Waals surface area (Å²) in [6, 6.07) is 0. The van der Waals surface area contributed by atoms with Gasteiger partial charge in [0.1, 0.15) is 0 Å². The predicted octanol–water partition coefficient (Wildman–Crippen LogP) is 2.82. The molecule has 2 unspecified atom stereocenters. The molecule has 23 heavy (non-hydrogen) atoms. The molecule has 5 heteroatoms. The van der Waals surface area contributed by atoms with E-state index in [1.165, 1.54) is 0 Å². The van der Waals surface area contributed by atoms with Crippen LogP contribution in [0.1, 0.15) is 52.9 Å². The van der Waals surface area contributed by atoms with Crippen LogP contribution in [0.3, 0.4) is 0 Å². The third-order valence-electron chi connectivity index (χ3n) is 5.14. The molecule has 2 rings (SSSR count). The molecule has 2 aliphatic carbocycles. The van der Waals surface area contributed by atoms with Gasteiger partial charge in [0.05, 0.1) is 13.2 Å². The zero-order valence-corrected chi connectivity index (χ0v) is 14.2. The first-order chi connectivity index (χ1) is 10.9. The second-order valence-electron chi connectivity index (χ2n) is 6.68. The molecule has 0 N–H and O–H groups in total. The highest BCUT2D eigenvalue weighted by Gasteiger charge is 2.45. The molecule has 0 bridgehead atoms. The van der Waals surface area contributed by atoms with Gasteiger partial charge < -0.3 is 9.47 Å². The van der Waals surface area contributed by atoms with E-state index in [-0.39, 0.29) is 30.3 Å². The highest BCUT2D eigenvalue weighted by molar-refractivity contribution is 5.95. The van der Waals surface area contributed by atoms with Gasteiger partial charge in [0, 0.05) is 6.42 Å². The minimum Gasteiger partial charge on any atom is -0.465 e. The van der Waals surface area contributed by atoms with Gasteiger partial charge >= 0.3 is 11.9 Å². The predicted molar refractivity (Wildman–Crippen MR) is 84.5 cm³/mol. The summed E-state index contributed by atoms with van der Waals surface area (Å²) in [7, 11) is 0. The molecule has 0 aromatic heterocycles. The van der Waals surface area contributed by atoms with Crippen molar-refractivity contribution in [3.05, 3.63) is 11.6 Å². The van der Waals surface area contributed by atoms with Gasteiger partial charge in [0.25, 0.3) is 0 Å². The van der Waals surface area contributed by atoms with Gasteiger partial charge in [0.15, 0.2) is 11.7 Å². The van der Waals surface area contributed by atoms with E-state index in [1.807, 2.05) is 0 Å². The number of allylic oxidation sites excluding steroid dienone is 2. The van der Waals surface area contributed by atoms with Crippen molar-refractivity contribution in [1.29, 1.82) is 0 Å². The maximum atomic E-state index is 12.3. The van der Waals surface area contributed by atoms with Crippen LogP contribution >= 0.6 is 0 Å². The van der Waals surface area contributed by atoms with Crippen LogP contribution in [-0.2, 0) is 23.9 Å². The number of hydrogen-bond acceptors (Lipinski definition) is 5. The van der Waals surface area contributed by atoms with Crippen LogP contribution in [-0.4, -0.2) is 30.9 Å². The molecular formula is C18H26O5. The average Bonchev–Trinajstić information content (AvgIpc) is 2.49. The number of carbonyl (C=O) groups is 3. The lowest BCUT2D eigenvalue weighted by atomic mass is 9.61. The Kier molecular flexibility index (Phi) is 5.60. The van der Waals surface area contributed by atoms with Gasteiger partial charge in [-0.1, -0.05) is 12.5 Å². The third kappa shape index (κ3) is 3.82. The van der Waals surface area contributed by atoms with Crippen LogP contribution in [0.15, 0.2) is 11.6 Å². The van der Waals surface area contributed by atoms with E-state index in [4.69, 9.17) is 9.47 Å². The molecule has 5 nitrogen and oxygen atoms in total. The Hall–Kier alpha value is -1.65. The van der Waals surface area contributed by atoms with Crippen LogP contribution in [0.5, 0.6) is 0 Å². The number of carbonyl (C=O) groups excluding carboxylic acids is 3. The lowest BCUT2D eigenvalue weighted by Gasteiger charge is -2.43. The van der Waals surface area contributed by atoms with Gasteiger partial charge in [-0.2, -0.15) is 0 Å². The SMILES string of the molecule is CCOC(=O)C(C(=O)OCC)C1CCC2(C)CCC(=O)C=C2C1. The molecule has 0 aromatic carbocycles. The molecule has 0 saturated heterocycles. The van der Waals surface area contributed by atoms with Crippen LogP contribution in [0, 0.1) is 17.3 Å². The van der Waals surface area contributed by atoms with Gasteiger partial charge in [0.2, 0.25) is 0 Å². The van der Waals surface area contributed by atoms with E-state index in [1.54, 1.807) is 19.9 Å². The van der Waals surface area contributed by atoms with E-state index in [2.05, 4.69) is 6.92 Å². The molecular weight excluding hydrogens is 296 g/mol. The standard InChI is InChI=1S/C18H26O5/c1-4-22-16(20)15(17(21)23-5-2)12-6-8-18(3)9-7-14(19)11-13(18)10-12/h11-12,15H,4-10H2,1-3H3. The van der Waals surface area contributed by atoms with E-state index in [0.29, 0.717) is 12.8 Å².